The van der Waals surface area contributed by atoms with Crippen LogP contribution in [-0.2, 0) is 24.0 Å². The topological polar surface area (TPSA) is 24.9 Å². The summed E-state index contributed by atoms with van der Waals surface area (Å²) in [6.07, 6.45) is 3.73. The summed E-state index contributed by atoms with van der Waals surface area (Å²) in [7, 11) is 0. The van der Waals surface area contributed by atoms with Gasteiger partial charge < -0.3 is 19.3 Å². The highest BCUT2D eigenvalue weighted by Gasteiger charge is 2.48. The fraction of sp³-hybridized carbons (Fsp3) is 0.0638. The van der Waals surface area contributed by atoms with Crippen LogP contribution in [0.25, 0.3) is 45.5 Å². The summed E-state index contributed by atoms with van der Waals surface area (Å²) in [4.78, 5) is 4.79. The van der Waals surface area contributed by atoms with Crippen LogP contribution in [0.1, 0.15) is 77.9 Å². The molecule has 0 spiro atoms. The van der Waals surface area contributed by atoms with Gasteiger partial charge in [0.1, 0.15) is 24.7 Å². The Bertz CT molecular complexity index is 4870. The highest BCUT2D eigenvalue weighted by Crippen LogP contribution is 2.60. The van der Waals surface area contributed by atoms with Crippen LogP contribution in [0.5, 0.6) is 11.5 Å². The number of rotatable bonds is 19. The Kier molecular flexibility index (Phi) is 16.0. The molecule has 4 heteroatoms. The molecule has 2 unspecified atom stereocenters. The molecule has 14 aromatic carbocycles. The second kappa shape index (κ2) is 25.8. The summed E-state index contributed by atoms with van der Waals surface area (Å²) >= 11 is 0. The maximum Gasteiger partial charge on any atom is 0.119 e. The van der Waals surface area contributed by atoms with Gasteiger partial charge in [0.05, 0.1) is 10.8 Å². The molecule has 0 saturated carbocycles. The normalized spacial score (nSPS) is 14.7. The summed E-state index contributed by atoms with van der Waals surface area (Å²) in [5.41, 5.74) is 28.8. The van der Waals surface area contributed by atoms with E-state index in [0.29, 0.717) is 13.2 Å². The lowest BCUT2D eigenvalue weighted by molar-refractivity contribution is 0.306. The number of benzene rings is 14. The second-order valence-corrected chi connectivity index (χ2v) is 25.7. The van der Waals surface area contributed by atoms with E-state index in [0.717, 1.165) is 79.0 Å². The highest BCUT2D eigenvalue weighted by molar-refractivity contribution is 5.92. The van der Waals surface area contributed by atoms with Crippen molar-refractivity contribution in [3.63, 3.8) is 0 Å². The zero-order valence-electron chi connectivity index (χ0n) is 55.0. The van der Waals surface area contributed by atoms with E-state index in [4.69, 9.17) is 9.47 Å². The highest BCUT2D eigenvalue weighted by atomic mass is 16.5. The molecule has 2 aliphatic carbocycles. The Morgan fingerprint density at radius 2 is 0.592 bits per heavy atom. The van der Waals surface area contributed by atoms with Crippen LogP contribution in [0.15, 0.2) is 353 Å². The minimum atomic E-state index is -0.634. The maximum atomic E-state index is 6.44. The smallest absolute Gasteiger partial charge is 0.119 e. The SMILES string of the molecule is C=Cc1ccc(COc2ccc(C3(c4ccc(C)cc4)c4ccccc4-c4ccc(N(c5ccccc5)c5ccc(-c6ccc(N(c7ccccc7)c7ccc8c(c7)C(c7ccc(C)cc7)(c7ccc(OCc9ccc(C=C)cc9)cc7)c7ccccc7-8)cc6)cc5)cc43)cc2)cc1. The van der Waals surface area contributed by atoms with Gasteiger partial charge in [-0.05, 0) is 211 Å². The lowest BCUT2D eigenvalue weighted by atomic mass is 9.67. The van der Waals surface area contributed by atoms with E-state index in [1.165, 1.54) is 77.9 Å². The summed E-state index contributed by atoms with van der Waals surface area (Å²) < 4.78 is 12.9. The molecular weight excluding hydrogens is 1190 g/mol. The third kappa shape index (κ3) is 10.9. The monoisotopic (exact) mass is 1260 g/mol. The first-order valence-corrected chi connectivity index (χ1v) is 33.7. The molecule has 0 fully saturated rings. The molecule has 0 saturated heterocycles. The Balaban J connectivity index is 0.742. The fourth-order valence-electron chi connectivity index (χ4n) is 15.1. The third-order valence-electron chi connectivity index (χ3n) is 20.0. The van der Waals surface area contributed by atoms with Gasteiger partial charge >= 0.3 is 0 Å². The van der Waals surface area contributed by atoms with Crippen LogP contribution >= 0.6 is 0 Å². The van der Waals surface area contributed by atoms with Crippen molar-refractivity contribution in [2.45, 2.75) is 37.9 Å². The summed E-state index contributed by atoms with van der Waals surface area (Å²) in [5, 5.41) is 0. The number of ether oxygens (including phenoxy) is 2. The maximum absolute atomic E-state index is 6.44. The van der Waals surface area contributed by atoms with E-state index >= 15 is 0 Å². The molecule has 98 heavy (non-hydrogen) atoms. The second-order valence-electron chi connectivity index (χ2n) is 25.7. The van der Waals surface area contributed by atoms with Gasteiger partial charge in [-0.25, -0.2) is 0 Å². The standard InChI is InChI=1S/C94H72N2O2/c1-5-67-29-33-69(34-30-67)63-97-83-55-45-75(46-56-83)93(73-41-25-65(3)26-42-73)89-23-15-13-21-85(89)87-59-53-81(61-91(87)93)95(77-17-9-7-10-18-77)79-49-37-71(38-50-79)72-39-51-80(52-40-72)96(78-19-11-8-12-20-78)82-54-60-88-86-22-14-16-24-90(86)94(92(88)62-82,74-43-27-66(4)28-44-74)76-47-57-84(58-48-76)98-64-70-35-31-68(6-2)32-36-70/h5-62H,1-2,63-64H2,3-4H3. The third-order valence-corrected chi connectivity index (χ3v) is 20.0. The Labute approximate surface area is 575 Å². The predicted octanol–water partition coefficient (Wildman–Crippen LogP) is 24.1. The Morgan fingerprint density at radius 3 is 0.949 bits per heavy atom. The molecule has 2 atom stereocenters. The van der Waals surface area contributed by atoms with Crippen molar-refractivity contribution in [3.8, 4) is 44.9 Å². The molecule has 0 radical (unpaired) electrons. The number of hydrogen-bond donors (Lipinski definition) is 0. The molecule has 0 N–H and O–H groups in total. The lowest BCUT2D eigenvalue weighted by Gasteiger charge is -2.35. The molecule has 4 nitrogen and oxygen atoms in total. The van der Waals surface area contributed by atoms with Crippen LogP contribution in [0, 0.1) is 13.8 Å². The molecule has 2 aliphatic rings. The van der Waals surface area contributed by atoms with Crippen LogP contribution < -0.4 is 19.3 Å². The van der Waals surface area contributed by atoms with E-state index in [1.54, 1.807) is 0 Å². The predicted molar refractivity (Wildman–Crippen MR) is 407 cm³/mol. The van der Waals surface area contributed by atoms with E-state index in [9.17, 15) is 0 Å². The first-order chi connectivity index (χ1) is 48.3. The lowest BCUT2D eigenvalue weighted by Crippen LogP contribution is -2.28. The van der Waals surface area contributed by atoms with E-state index in [-0.39, 0.29) is 0 Å². The van der Waals surface area contributed by atoms with Gasteiger partial charge in [-0.1, -0.05) is 279 Å². The van der Waals surface area contributed by atoms with E-state index < -0.39 is 10.8 Å². The molecule has 16 rings (SSSR count). The number of para-hydroxylation sites is 2. The van der Waals surface area contributed by atoms with Crippen molar-refractivity contribution in [2.24, 2.45) is 0 Å². The van der Waals surface area contributed by atoms with Crippen LogP contribution in [0.3, 0.4) is 0 Å². The van der Waals surface area contributed by atoms with Crippen LogP contribution in [0.4, 0.5) is 34.1 Å². The van der Waals surface area contributed by atoms with Crippen molar-refractivity contribution in [1.29, 1.82) is 0 Å². The van der Waals surface area contributed by atoms with Crippen molar-refractivity contribution in [1.82, 2.24) is 0 Å². The molecule has 14 aromatic rings. The van der Waals surface area contributed by atoms with E-state index in [1.807, 2.05) is 12.2 Å². The van der Waals surface area contributed by atoms with Crippen molar-refractivity contribution >= 4 is 46.3 Å². The van der Waals surface area contributed by atoms with Gasteiger partial charge in [-0.2, -0.15) is 0 Å². The van der Waals surface area contributed by atoms with E-state index in [2.05, 4.69) is 377 Å². The average Bonchev–Trinajstić information content (AvgIpc) is 1.54. The van der Waals surface area contributed by atoms with Gasteiger partial charge in [0, 0.05) is 34.1 Å². The average molecular weight is 1260 g/mol. The van der Waals surface area contributed by atoms with Crippen molar-refractivity contribution in [3.05, 3.63) is 431 Å². The number of anilines is 6. The molecular formula is C94H72N2O2. The quantitative estimate of drug-likeness (QED) is 0.0806. The van der Waals surface area contributed by atoms with Gasteiger partial charge in [0.25, 0.3) is 0 Å². The summed E-state index contributed by atoms with van der Waals surface area (Å²) in [6, 6.07) is 124. The van der Waals surface area contributed by atoms with Gasteiger partial charge in [0.15, 0.2) is 0 Å². The zero-order valence-corrected chi connectivity index (χ0v) is 55.0. The summed E-state index contributed by atoms with van der Waals surface area (Å²) in [6.45, 7) is 13.1. The zero-order chi connectivity index (χ0) is 66.2. The van der Waals surface area contributed by atoms with Gasteiger partial charge in [0.2, 0.25) is 0 Å². The number of aryl methyl sites for hydroxylation is 2. The molecule has 0 aromatic heterocycles. The molecule has 470 valence electrons. The largest absolute Gasteiger partial charge is 0.489 e. The molecule has 0 aliphatic heterocycles. The fourth-order valence-corrected chi connectivity index (χ4v) is 15.1. The van der Waals surface area contributed by atoms with Crippen LogP contribution in [-0.4, -0.2) is 0 Å². The number of hydrogen-bond acceptors (Lipinski definition) is 4. The molecule has 0 amide bonds. The first kappa shape index (κ1) is 60.7. The molecule has 0 heterocycles. The van der Waals surface area contributed by atoms with Crippen molar-refractivity contribution in [2.75, 3.05) is 9.80 Å². The molecule has 0 bridgehead atoms. The Morgan fingerprint density at radius 1 is 0.286 bits per heavy atom. The summed E-state index contributed by atoms with van der Waals surface area (Å²) in [5.74, 6) is 1.64. The van der Waals surface area contributed by atoms with Crippen LogP contribution in [0.2, 0.25) is 0 Å². The van der Waals surface area contributed by atoms with Crippen molar-refractivity contribution < 1.29 is 9.47 Å². The Hall–Kier alpha value is -12.2. The number of fused-ring (bicyclic) bond motifs is 6. The first-order valence-electron chi connectivity index (χ1n) is 33.7. The van der Waals surface area contributed by atoms with Gasteiger partial charge in [-0.15, -0.1) is 0 Å². The minimum absolute atomic E-state index is 0.471. The minimum Gasteiger partial charge on any atom is -0.489 e. The van der Waals surface area contributed by atoms with Gasteiger partial charge in [-0.3, -0.25) is 0 Å². The number of nitrogens with zero attached hydrogens (tertiary/aromatic N) is 2.